The predicted octanol–water partition coefficient (Wildman–Crippen LogP) is 2.43. The van der Waals surface area contributed by atoms with Crippen molar-refractivity contribution in [3.05, 3.63) is 0 Å². The Balaban J connectivity index is 2.85. The van der Waals surface area contributed by atoms with Crippen molar-refractivity contribution in [1.29, 1.82) is 0 Å². The van der Waals surface area contributed by atoms with Crippen LogP contribution in [0.1, 0.15) is 47.5 Å². The minimum atomic E-state index is 0.0446. The summed E-state index contributed by atoms with van der Waals surface area (Å²) in [6, 6.07) is 0.399. The van der Waals surface area contributed by atoms with Crippen LogP contribution in [0.15, 0.2) is 0 Å². The SMILES string of the molecule is CC(=O)N1C(C)CC(C)CC1(C)C. The molecule has 1 aliphatic heterocycles. The van der Waals surface area contributed by atoms with E-state index in [1.54, 1.807) is 6.92 Å². The van der Waals surface area contributed by atoms with Gasteiger partial charge in [0.1, 0.15) is 0 Å². The number of hydrogen-bond acceptors (Lipinski definition) is 1. The first-order valence-electron chi connectivity index (χ1n) is 5.14. The lowest BCUT2D eigenvalue weighted by Crippen LogP contribution is -2.56. The van der Waals surface area contributed by atoms with Crippen LogP contribution in [0.25, 0.3) is 0 Å². The van der Waals surface area contributed by atoms with Gasteiger partial charge in [0.15, 0.2) is 0 Å². The number of carbonyl (C=O) groups is 1. The van der Waals surface area contributed by atoms with E-state index < -0.39 is 0 Å². The number of amides is 1. The normalized spacial score (nSPS) is 33.2. The van der Waals surface area contributed by atoms with Gasteiger partial charge in [0.05, 0.1) is 0 Å². The van der Waals surface area contributed by atoms with Crippen molar-refractivity contribution in [3.8, 4) is 0 Å². The molecule has 0 aromatic heterocycles. The monoisotopic (exact) mass is 183 g/mol. The molecule has 0 radical (unpaired) electrons. The van der Waals surface area contributed by atoms with Crippen molar-refractivity contribution >= 4 is 5.91 Å². The van der Waals surface area contributed by atoms with Crippen LogP contribution in [0, 0.1) is 5.92 Å². The molecule has 1 rings (SSSR count). The molecule has 2 heteroatoms. The molecule has 0 aromatic rings. The molecule has 76 valence electrons. The number of carbonyl (C=O) groups excluding carboxylic acids is 1. The van der Waals surface area contributed by atoms with E-state index in [1.165, 1.54) is 0 Å². The van der Waals surface area contributed by atoms with Gasteiger partial charge >= 0.3 is 0 Å². The average molecular weight is 183 g/mol. The fourth-order valence-electron chi connectivity index (χ4n) is 3.06. The van der Waals surface area contributed by atoms with E-state index in [1.807, 2.05) is 4.90 Å². The quantitative estimate of drug-likeness (QED) is 0.565. The number of piperidine rings is 1. The van der Waals surface area contributed by atoms with E-state index in [0.29, 0.717) is 6.04 Å². The molecule has 0 aliphatic carbocycles. The molecule has 1 heterocycles. The summed E-state index contributed by atoms with van der Waals surface area (Å²) in [6.45, 7) is 10.4. The van der Waals surface area contributed by atoms with E-state index >= 15 is 0 Å². The smallest absolute Gasteiger partial charge is 0.220 e. The van der Waals surface area contributed by atoms with Crippen LogP contribution in [0.4, 0.5) is 0 Å². The second-order valence-electron chi connectivity index (χ2n) is 5.10. The minimum Gasteiger partial charge on any atom is -0.335 e. The number of likely N-dealkylation sites (tertiary alicyclic amines) is 1. The molecule has 13 heavy (non-hydrogen) atoms. The first-order valence-corrected chi connectivity index (χ1v) is 5.14. The average Bonchev–Trinajstić information content (AvgIpc) is 1.78. The second-order valence-corrected chi connectivity index (χ2v) is 5.10. The van der Waals surface area contributed by atoms with Gasteiger partial charge in [0.2, 0.25) is 5.91 Å². The highest BCUT2D eigenvalue weighted by Gasteiger charge is 2.38. The van der Waals surface area contributed by atoms with Crippen molar-refractivity contribution < 1.29 is 4.79 Å². The summed E-state index contributed by atoms with van der Waals surface area (Å²) in [6.07, 6.45) is 2.26. The van der Waals surface area contributed by atoms with Crippen molar-refractivity contribution in [2.24, 2.45) is 5.92 Å². The molecule has 0 bridgehead atoms. The lowest BCUT2D eigenvalue weighted by Gasteiger charge is -2.48. The maximum Gasteiger partial charge on any atom is 0.220 e. The highest BCUT2D eigenvalue weighted by Crippen LogP contribution is 2.34. The maximum atomic E-state index is 11.5. The summed E-state index contributed by atoms with van der Waals surface area (Å²) < 4.78 is 0. The first kappa shape index (κ1) is 10.6. The Morgan fingerprint density at radius 2 is 1.92 bits per heavy atom. The fraction of sp³-hybridized carbons (Fsp3) is 0.909. The second kappa shape index (κ2) is 3.32. The molecule has 2 atom stereocenters. The summed E-state index contributed by atoms with van der Waals surface area (Å²) >= 11 is 0. The van der Waals surface area contributed by atoms with Gasteiger partial charge in [0, 0.05) is 18.5 Å². The molecular formula is C11H21NO. The highest BCUT2D eigenvalue weighted by molar-refractivity contribution is 5.74. The Bertz CT molecular complexity index is 210. The van der Waals surface area contributed by atoms with Gasteiger partial charge in [0.25, 0.3) is 0 Å². The van der Waals surface area contributed by atoms with E-state index in [9.17, 15) is 4.79 Å². The van der Waals surface area contributed by atoms with Gasteiger partial charge in [-0.25, -0.2) is 0 Å². The summed E-state index contributed by atoms with van der Waals surface area (Å²) in [7, 11) is 0. The van der Waals surface area contributed by atoms with E-state index in [0.717, 1.165) is 18.8 Å². The number of nitrogens with zero attached hydrogens (tertiary/aromatic N) is 1. The summed E-state index contributed by atoms with van der Waals surface area (Å²) in [5, 5.41) is 0. The lowest BCUT2D eigenvalue weighted by atomic mass is 9.80. The first-order chi connectivity index (χ1) is 5.84. The third-order valence-corrected chi connectivity index (χ3v) is 3.02. The van der Waals surface area contributed by atoms with Crippen molar-refractivity contribution in [2.75, 3.05) is 0 Å². The molecule has 2 unspecified atom stereocenters. The molecular weight excluding hydrogens is 162 g/mol. The molecule has 1 saturated heterocycles. The topological polar surface area (TPSA) is 20.3 Å². The molecule has 1 amide bonds. The number of hydrogen-bond donors (Lipinski definition) is 0. The van der Waals surface area contributed by atoms with Gasteiger partial charge < -0.3 is 4.90 Å². The van der Waals surface area contributed by atoms with Gasteiger partial charge in [-0.3, -0.25) is 4.79 Å². The van der Waals surface area contributed by atoms with E-state index in [4.69, 9.17) is 0 Å². The Morgan fingerprint density at radius 1 is 1.38 bits per heavy atom. The standard InChI is InChI=1S/C11H21NO/c1-8-6-9(2)12(10(3)13)11(4,5)7-8/h8-9H,6-7H2,1-5H3. The van der Waals surface area contributed by atoms with Crippen LogP contribution in [-0.4, -0.2) is 22.4 Å². The number of rotatable bonds is 0. The van der Waals surface area contributed by atoms with Gasteiger partial charge in [-0.1, -0.05) is 6.92 Å². The Morgan fingerprint density at radius 3 is 2.31 bits per heavy atom. The zero-order chi connectivity index (χ0) is 10.2. The zero-order valence-electron chi connectivity index (χ0n) is 9.42. The Kier molecular flexibility index (Phi) is 2.69. The third kappa shape index (κ3) is 2.04. The summed E-state index contributed by atoms with van der Waals surface area (Å²) in [4.78, 5) is 13.5. The molecule has 0 N–H and O–H groups in total. The lowest BCUT2D eigenvalue weighted by molar-refractivity contribution is -0.141. The predicted molar refractivity (Wildman–Crippen MR) is 54.5 cm³/mol. The largest absolute Gasteiger partial charge is 0.335 e. The van der Waals surface area contributed by atoms with Gasteiger partial charge in [-0.15, -0.1) is 0 Å². The van der Waals surface area contributed by atoms with Gasteiger partial charge in [-0.05, 0) is 39.5 Å². The molecule has 0 spiro atoms. The van der Waals surface area contributed by atoms with E-state index in [2.05, 4.69) is 27.7 Å². The zero-order valence-corrected chi connectivity index (χ0v) is 9.42. The Hall–Kier alpha value is -0.530. The molecule has 1 fully saturated rings. The molecule has 0 aromatic carbocycles. The van der Waals surface area contributed by atoms with Crippen LogP contribution >= 0.6 is 0 Å². The van der Waals surface area contributed by atoms with Gasteiger partial charge in [-0.2, -0.15) is 0 Å². The maximum absolute atomic E-state index is 11.5. The molecule has 1 aliphatic rings. The van der Waals surface area contributed by atoms with Crippen LogP contribution in [0.2, 0.25) is 0 Å². The van der Waals surface area contributed by atoms with Crippen LogP contribution < -0.4 is 0 Å². The summed E-state index contributed by atoms with van der Waals surface area (Å²) in [5.74, 6) is 0.949. The molecule has 0 saturated carbocycles. The summed E-state index contributed by atoms with van der Waals surface area (Å²) in [5.41, 5.74) is 0.0446. The van der Waals surface area contributed by atoms with Crippen molar-refractivity contribution in [3.63, 3.8) is 0 Å². The molecule has 2 nitrogen and oxygen atoms in total. The highest BCUT2D eigenvalue weighted by atomic mass is 16.2. The van der Waals surface area contributed by atoms with Crippen LogP contribution in [-0.2, 0) is 4.79 Å². The van der Waals surface area contributed by atoms with E-state index in [-0.39, 0.29) is 11.4 Å². The van der Waals surface area contributed by atoms with Crippen LogP contribution in [0.5, 0.6) is 0 Å². The van der Waals surface area contributed by atoms with Crippen molar-refractivity contribution in [2.45, 2.75) is 59.0 Å². The minimum absolute atomic E-state index is 0.0446. The van der Waals surface area contributed by atoms with Crippen molar-refractivity contribution in [1.82, 2.24) is 4.90 Å². The third-order valence-electron chi connectivity index (χ3n) is 3.02. The Labute approximate surface area is 81.3 Å². The van der Waals surface area contributed by atoms with Crippen LogP contribution in [0.3, 0.4) is 0 Å². The fourth-order valence-corrected chi connectivity index (χ4v) is 3.06.